The molecule has 1 aromatic carbocycles. The lowest BCUT2D eigenvalue weighted by Gasteiger charge is -2.25. The summed E-state index contributed by atoms with van der Waals surface area (Å²) >= 11 is 1.77. The van der Waals surface area contributed by atoms with Gasteiger partial charge in [0.15, 0.2) is 0 Å². The van der Waals surface area contributed by atoms with Crippen molar-refractivity contribution in [1.29, 1.82) is 0 Å². The lowest BCUT2D eigenvalue weighted by Crippen LogP contribution is -2.31. The molecule has 2 nitrogen and oxygen atoms in total. The Bertz CT molecular complexity index is 689. The van der Waals surface area contributed by atoms with Crippen molar-refractivity contribution in [3.63, 3.8) is 0 Å². The van der Waals surface area contributed by atoms with Crippen molar-refractivity contribution in [2.24, 2.45) is 0 Å². The quantitative estimate of drug-likeness (QED) is 0.396. The average Bonchev–Trinajstić information content (AvgIpc) is 3.01. The molecule has 0 aliphatic rings. The van der Waals surface area contributed by atoms with E-state index in [1.165, 1.54) is 20.9 Å². The maximum atomic E-state index is 11.6. The van der Waals surface area contributed by atoms with Gasteiger partial charge in [-0.05, 0) is 50.8 Å². The lowest BCUT2D eigenvalue weighted by atomic mass is 10.1. The van der Waals surface area contributed by atoms with Crippen LogP contribution in [0.25, 0.3) is 0 Å². The molecule has 25 heavy (non-hydrogen) atoms. The topological polar surface area (TPSA) is 20.3 Å². The number of aryl methyl sites for hydroxylation is 3. The molecule has 0 aliphatic heterocycles. The highest BCUT2D eigenvalue weighted by Crippen LogP contribution is 2.19. The molecule has 0 spiro atoms. The normalized spacial score (nSPS) is 12.4. The minimum atomic E-state index is 0.183. The molecular weight excluding hydrogens is 326 g/mol. The minimum absolute atomic E-state index is 0.183. The molecule has 2 aromatic rings. The molecular formula is C22H29NOS. The Morgan fingerprint density at radius 2 is 2.04 bits per heavy atom. The maximum absolute atomic E-state index is 11.6. The molecule has 1 unspecified atom stereocenters. The van der Waals surface area contributed by atoms with Gasteiger partial charge in [-0.1, -0.05) is 55.3 Å². The first-order chi connectivity index (χ1) is 12.1. The Labute approximate surface area is 156 Å². The first-order valence-corrected chi connectivity index (χ1v) is 9.92. The molecule has 0 saturated carbocycles. The number of hydrogen-bond acceptors (Lipinski definition) is 2. The first-order valence-electron chi connectivity index (χ1n) is 9.11. The van der Waals surface area contributed by atoms with Crippen molar-refractivity contribution in [2.45, 2.75) is 59.0 Å². The van der Waals surface area contributed by atoms with Crippen LogP contribution in [0.1, 0.15) is 47.1 Å². The van der Waals surface area contributed by atoms with Crippen LogP contribution < -0.4 is 0 Å². The number of benzene rings is 1. The largest absolute Gasteiger partial charge is 0.334 e. The third-order valence-electron chi connectivity index (χ3n) is 4.32. The first kappa shape index (κ1) is 19.5. The molecule has 0 bridgehead atoms. The number of rotatable bonds is 10. The zero-order chi connectivity index (χ0) is 18.1. The summed E-state index contributed by atoms with van der Waals surface area (Å²) in [6.07, 6.45) is 9.58. The van der Waals surface area contributed by atoms with E-state index < -0.39 is 0 Å². The third kappa shape index (κ3) is 6.50. The number of thiophene rings is 1. The second-order valence-corrected chi connectivity index (χ2v) is 7.97. The monoisotopic (exact) mass is 355 g/mol. The van der Waals surface area contributed by atoms with Crippen LogP contribution in [0.3, 0.4) is 0 Å². The minimum Gasteiger partial charge on any atom is -0.334 e. The summed E-state index contributed by atoms with van der Waals surface area (Å²) in [5.41, 5.74) is 2.68. The summed E-state index contributed by atoms with van der Waals surface area (Å²) in [7, 11) is 0. The molecule has 134 valence electrons. The average molecular weight is 356 g/mol. The van der Waals surface area contributed by atoms with Crippen molar-refractivity contribution in [3.8, 4) is 0 Å². The Hall–Kier alpha value is -1.87. The van der Waals surface area contributed by atoms with Crippen molar-refractivity contribution in [3.05, 3.63) is 69.4 Å². The van der Waals surface area contributed by atoms with Crippen LogP contribution in [0.2, 0.25) is 0 Å². The molecule has 0 saturated heterocycles. The predicted octanol–water partition coefficient (Wildman–Crippen LogP) is 5.68. The van der Waals surface area contributed by atoms with Gasteiger partial charge in [0.2, 0.25) is 6.41 Å². The predicted molar refractivity (Wildman–Crippen MR) is 108 cm³/mol. The molecule has 0 aliphatic carbocycles. The Morgan fingerprint density at radius 3 is 2.68 bits per heavy atom. The van der Waals surface area contributed by atoms with Gasteiger partial charge in [0.25, 0.3) is 0 Å². The van der Waals surface area contributed by atoms with Crippen LogP contribution in [0, 0.1) is 13.8 Å². The number of allylic oxidation sites excluding steroid dienone is 1. The van der Waals surface area contributed by atoms with Crippen LogP contribution in [0.15, 0.2) is 48.6 Å². The summed E-state index contributed by atoms with van der Waals surface area (Å²) in [6.45, 7) is 7.11. The van der Waals surface area contributed by atoms with E-state index in [9.17, 15) is 4.79 Å². The highest BCUT2D eigenvalue weighted by atomic mass is 32.1. The van der Waals surface area contributed by atoms with Gasteiger partial charge in [-0.3, -0.25) is 4.79 Å². The van der Waals surface area contributed by atoms with E-state index in [4.69, 9.17) is 0 Å². The molecule has 2 rings (SSSR count). The van der Waals surface area contributed by atoms with E-state index in [0.29, 0.717) is 6.54 Å². The summed E-state index contributed by atoms with van der Waals surface area (Å²) in [5, 5.41) is 0. The van der Waals surface area contributed by atoms with E-state index in [2.05, 4.69) is 69.3 Å². The van der Waals surface area contributed by atoms with Crippen LogP contribution in [0.4, 0.5) is 0 Å². The Kier molecular flexibility index (Phi) is 7.93. The number of carbonyl (C=O) groups is 1. The molecule has 0 N–H and O–H groups in total. The van der Waals surface area contributed by atoms with Crippen LogP contribution in [0.5, 0.6) is 0 Å². The number of hydrogen-bond donors (Lipinski definition) is 0. The van der Waals surface area contributed by atoms with Gasteiger partial charge in [-0.15, -0.1) is 11.3 Å². The van der Waals surface area contributed by atoms with Crippen molar-refractivity contribution >= 4 is 17.7 Å². The van der Waals surface area contributed by atoms with Gasteiger partial charge in [0.1, 0.15) is 0 Å². The number of carbonyl (C=O) groups excluding carboxylic acids is 1. The lowest BCUT2D eigenvalue weighted by molar-refractivity contribution is -0.120. The van der Waals surface area contributed by atoms with Gasteiger partial charge in [-0.2, -0.15) is 0 Å². The third-order valence-corrected chi connectivity index (χ3v) is 5.31. The highest BCUT2D eigenvalue weighted by Gasteiger charge is 2.14. The van der Waals surface area contributed by atoms with E-state index in [-0.39, 0.29) is 6.04 Å². The van der Waals surface area contributed by atoms with E-state index >= 15 is 0 Å². The Morgan fingerprint density at radius 1 is 1.20 bits per heavy atom. The smallest absolute Gasteiger partial charge is 0.210 e. The molecule has 0 fully saturated rings. The molecule has 0 radical (unpaired) electrons. The van der Waals surface area contributed by atoms with Gasteiger partial charge < -0.3 is 4.90 Å². The van der Waals surface area contributed by atoms with Crippen molar-refractivity contribution in [1.82, 2.24) is 4.90 Å². The molecule has 1 aromatic heterocycles. The summed E-state index contributed by atoms with van der Waals surface area (Å²) < 4.78 is 0. The second-order valence-electron chi connectivity index (χ2n) is 6.60. The summed E-state index contributed by atoms with van der Waals surface area (Å²) in [5.74, 6) is 0. The summed E-state index contributed by atoms with van der Waals surface area (Å²) in [4.78, 5) is 16.1. The van der Waals surface area contributed by atoms with Crippen LogP contribution in [-0.4, -0.2) is 17.4 Å². The standard InChI is InChI=1S/C22H29NOS/c1-4-8-21(23(17-24)16-22-14-13-19(3)25-22)12-6-5-10-20-11-7-9-18(2)15-20/h6-7,9,11-15,17,21H,4-5,8,10,16H2,1-3H3/b12-6+. The fraction of sp³-hybridized carbons (Fsp3) is 0.409. The fourth-order valence-corrected chi connectivity index (χ4v) is 3.92. The molecule has 1 amide bonds. The highest BCUT2D eigenvalue weighted by molar-refractivity contribution is 7.11. The van der Waals surface area contributed by atoms with E-state index in [1.807, 2.05) is 4.90 Å². The molecule has 1 atom stereocenters. The van der Waals surface area contributed by atoms with E-state index in [0.717, 1.165) is 32.1 Å². The molecule has 3 heteroatoms. The zero-order valence-corrected chi connectivity index (χ0v) is 16.4. The van der Waals surface area contributed by atoms with Gasteiger partial charge >= 0.3 is 0 Å². The number of nitrogens with zero attached hydrogens (tertiary/aromatic N) is 1. The fourth-order valence-electron chi connectivity index (χ4n) is 3.02. The number of amides is 1. The van der Waals surface area contributed by atoms with E-state index in [1.54, 1.807) is 11.3 Å². The maximum Gasteiger partial charge on any atom is 0.210 e. The summed E-state index contributed by atoms with van der Waals surface area (Å²) in [6, 6.07) is 13.1. The molecule has 1 heterocycles. The van der Waals surface area contributed by atoms with Gasteiger partial charge in [-0.25, -0.2) is 0 Å². The van der Waals surface area contributed by atoms with Crippen LogP contribution in [-0.2, 0) is 17.8 Å². The Balaban J connectivity index is 1.94. The SMILES string of the molecule is CCCC(/C=C/CCc1cccc(C)c1)N(C=O)Cc1ccc(C)s1. The second kappa shape index (κ2) is 10.2. The van der Waals surface area contributed by atoms with Crippen LogP contribution >= 0.6 is 11.3 Å². The van der Waals surface area contributed by atoms with Crippen molar-refractivity contribution in [2.75, 3.05) is 0 Å². The van der Waals surface area contributed by atoms with Gasteiger partial charge in [0, 0.05) is 9.75 Å². The van der Waals surface area contributed by atoms with Gasteiger partial charge in [0.05, 0.1) is 12.6 Å². The van der Waals surface area contributed by atoms with Crippen molar-refractivity contribution < 1.29 is 4.79 Å². The zero-order valence-electron chi connectivity index (χ0n) is 15.6.